The minimum Gasteiger partial charge on any atom is -0.481 e. The van der Waals surface area contributed by atoms with Crippen molar-refractivity contribution in [2.45, 2.75) is 32.6 Å². The quantitative estimate of drug-likeness (QED) is 0.840. The summed E-state index contributed by atoms with van der Waals surface area (Å²) in [7, 11) is 0. The van der Waals surface area contributed by atoms with E-state index in [-0.39, 0.29) is 24.9 Å². The molecule has 2 aliphatic rings. The third kappa shape index (κ3) is 3.52. The average Bonchev–Trinajstić information content (AvgIpc) is 3.08. The molecule has 3 rings (SSSR count). The number of carboxylic acid groups (broad SMARTS) is 1. The van der Waals surface area contributed by atoms with E-state index in [0.29, 0.717) is 32.5 Å². The number of nitrogens with zero attached hydrogens (tertiary/aromatic N) is 2. The highest BCUT2D eigenvalue weighted by molar-refractivity contribution is 5.94. The number of rotatable bonds is 5. The van der Waals surface area contributed by atoms with E-state index < -0.39 is 11.4 Å². The number of carbonyl (C=O) groups is 3. The van der Waals surface area contributed by atoms with E-state index in [1.54, 1.807) is 9.80 Å². The molecule has 2 fully saturated rings. The molecule has 140 valence electrons. The first kappa shape index (κ1) is 18.2. The molecule has 1 unspecified atom stereocenters. The van der Waals surface area contributed by atoms with Gasteiger partial charge in [0, 0.05) is 31.9 Å². The van der Waals surface area contributed by atoms with Crippen molar-refractivity contribution in [2.75, 3.05) is 31.1 Å². The molecule has 1 aromatic carbocycles. The van der Waals surface area contributed by atoms with Crippen LogP contribution in [0.3, 0.4) is 0 Å². The second-order valence-electron chi connectivity index (χ2n) is 7.08. The predicted molar refractivity (Wildman–Crippen MR) is 97.1 cm³/mol. The highest BCUT2D eigenvalue weighted by Gasteiger charge is 2.41. The van der Waals surface area contributed by atoms with E-state index in [1.165, 1.54) is 0 Å². The number of carboxylic acids is 1. The summed E-state index contributed by atoms with van der Waals surface area (Å²) in [6.07, 6.45) is 2.11. The summed E-state index contributed by atoms with van der Waals surface area (Å²) in [6, 6.07) is 7.29. The van der Waals surface area contributed by atoms with Gasteiger partial charge in [0.05, 0.1) is 11.8 Å². The fraction of sp³-hybridized carbons (Fsp3) is 0.526. The van der Waals surface area contributed by atoms with Crippen molar-refractivity contribution < 1.29 is 19.5 Å². The zero-order chi connectivity index (χ0) is 18.7. The molecular weight excluding hydrogens is 334 g/mol. The number of nitrogens with one attached hydrogen (secondary N) is 1. The number of piperidine rings is 1. The van der Waals surface area contributed by atoms with Gasteiger partial charge in [-0.1, -0.05) is 19.1 Å². The van der Waals surface area contributed by atoms with Crippen LogP contribution in [0.2, 0.25) is 0 Å². The molecule has 0 spiro atoms. The Morgan fingerprint density at radius 3 is 2.54 bits per heavy atom. The molecule has 0 aromatic heterocycles. The second-order valence-corrected chi connectivity index (χ2v) is 7.08. The summed E-state index contributed by atoms with van der Waals surface area (Å²) < 4.78 is 0. The highest BCUT2D eigenvalue weighted by Crippen LogP contribution is 2.34. The molecule has 2 saturated heterocycles. The molecule has 0 radical (unpaired) electrons. The minimum absolute atomic E-state index is 0.0459. The van der Waals surface area contributed by atoms with Gasteiger partial charge in [0.25, 0.3) is 0 Å². The van der Waals surface area contributed by atoms with Gasteiger partial charge in [0.2, 0.25) is 5.91 Å². The minimum atomic E-state index is -0.819. The van der Waals surface area contributed by atoms with E-state index >= 15 is 0 Å². The fourth-order valence-electron chi connectivity index (χ4n) is 3.76. The predicted octanol–water partition coefficient (Wildman–Crippen LogP) is 1.86. The number of hydrogen-bond acceptors (Lipinski definition) is 3. The van der Waals surface area contributed by atoms with Crippen LogP contribution in [0.25, 0.3) is 0 Å². The average molecular weight is 359 g/mol. The summed E-state index contributed by atoms with van der Waals surface area (Å²) >= 11 is 0. The number of hydrogen-bond donors (Lipinski definition) is 2. The zero-order valence-electron chi connectivity index (χ0n) is 15.0. The molecule has 2 N–H and O–H groups in total. The number of anilines is 1. The Bertz CT molecular complexity index is 703. The molecule has 2 aliphatic heterocycles. The summed E-state index contributed by atoms with van der Waals surface area (Å²) in [5.74, 6) is -0.860. The van der Waals surface area contributed by atoms with Gasteiger partial charge in [-0.05, 0) is 37.0 Å². The number of carbonyl (C=O) groups excluding carboxylic acids is 2. The van der Waals surface area contributed by atoms with E-state index in [2.05, 4.69) is 5.32 Å². The normalized spacial score (nSPS) is 23.0. The topological polar surface area (TPSA) is 89.9 Å². The van der Waals surface area contributed by atoms with Crippen molar-refractivity contribution in [1.82, 2.24) is 10.2 Å². The summed E-state index contributed by atoms with van der Waals surface area (Å²) in [6.45, 7) is 4.04. The number of urea groups is 1. The Morgan fingerprint density at radius 1 is 1.23 bits per heavy atom. The summed E-state index contributed by atoms with van der Waals surface area (Å²) in [5.41, 5.74) is 0.854. The Morgan fingerprint density at radius 2 is 1.96 bits per heavy atom. The number of likely N-dealkylation sites (tertiary alicyclic amines) is 1. The van der Waals surface area contributed by atoms with Crippen LogP contribution < -0.4 is 10.2 Å². The molecule has 26 heavy (non-hydrogen) atoms. The lowest BCUT2D eigenvalue weighted by molar-refractivity contribution is -0.155. The molecular formula is C19H25N3O4. The second kappa shape index (κ2) is 7.35. The maximum atomic E-state index is 12.6. The molecule has 2 heterocycles. The van der Waals surface area contributed by atoms with Crippen molar-refractivity contribution in [3.63, 3.8) is 0 Å². The van der Waals surface area contributed by atoms with Crippen LogP contribution in [0.4, 0.5) is 10.5 Å². The van der Waals surface area contributed by atoms with Gasteiger partial charge >= 0.3 is 12.0 Å². The van der Waals surface area contributed by atoms with Gasteiger partial charge in [0.1, 0.15) is 0 Å². The molecule has 7 nitrogen and oxygen atoms in total. The van der Waals surface area contributed by atoms with Crippen molar-refractivity contribution in [1.29, 1.82) is 0 Å². The Labute approximate surface area is 153 Å². The lowest BCUT2D eigenvalue weighted by Crippen LogP contribution is -2.50. The largest absolute Gasteiger partial charge is 0.481 e. The van der Waals surface area contributed by atoms with Crippen LogP contribution in [0.5, 0.6) is 0 Å². The van der Waals surface area contributed by atoms with Gasteiger partial charge in [0.15, 0.2) is 0 Å². The van der Waals surface area contributed by atoms with Gasteiger partial charge in [-0.2, -0.15) is 0 Å². The van der Waals surface area contributed by atoms with Gasteiger partial charge in [-0.25, -0.2) is 4.79 Å². The lowest BCUT2D eigenvalue weighted by Gasteiger charge is -2.39. The maximum absolute atomic E-state index is 12.6. The molecule has 1 atom stereocenters. The van der Waals surface area contributed by atoms with Crippen molar-refractivity contribution in [3.05, 3.63) is 29.8 Å². The number of benzene rings is 1. The van der Waals surface area contributed by atoms with Crippen LogP contribution >= 0.6 is 0 Å². The van der Waals surface area contributed by atoms with E-state index in [0.717, 1.165) is 17.7 Å². The zero-order valence-corrected chi connectivity index (χ0v) is 15.0. The van der Waals surface area contributed by atoms with Crippen molar-refractivity contribution >= 4 is 23.6 Å². The Balaban J connectivity index is 1.64. The Kier molecular flexibility index (Phi) is 5.15. The third-order valence-electron chi connectivity index (χ3n) is 5.52. The standard InChI is InChI=1S/C19H25N3O4/c1-2-19(17(24)25)8-3-10-21(13-19)16(23)12-14-4-6-15(7-5-14)22-11-9-20-18(22)26/h4-7H,2-3,8-13H2,1H3,(H,20,26)(H,24,25). The van der Waals surface area contributed by atoms with Crippen LogP contribution in [0, 0.1) is 5.41 Å². The molecule has 7 heteroatoms. The fourth-order valence-corrected chi connectivity index (χ4v) is 3.76. The molecule has 3 amide bonds. The van der Waals surface area contributed by atoms with Crippen LogP contribution in [-0.2, 0) is 16.0 Å². The smallest absolute Gasteiger partial charge is 0.321 e. The third-order valence-corrected chi connectivity index (χ3v) is 5.52. The Hall–Kier alpha value is -2.57. The lowest BCUT2D eigenvalue weighted by atomic mass is 9.77. The monoisotopic (exact) mass is 359 g/mol. The number of aliphatic carboxylic acids is 1. The molecule has 0 bridgehead atoms. The van der Waals surface area contributed by atoms with Gasteiger partial charge < -0.3 is 15.3 Å². The number of amides is 3. The van der Waals surface area contributed by atoms with Gasteiger partial charge in [-0.3, -0.25) is 14.5 Å². The van der Waals surface area contributed by atoms with E-state index in [4.69, 9.17) is 0 Å². The highest BCUT2D eigenvalue weighted by atomic mass is 16.4. The summed E-state index contributed by atoms with van der Waals surface area (Å²) in [5, 5.41) is 12.3. The van der Waals surface area contributed by atoms with E-state index in [9.17, 15) is 19.5 Å². The molecule has 1 aromatic rings. The van der Waals surface area contributed by atoms with Crippen LogP contribution in [-0.4, -0.2) is 54.1 Å². The maximum Gasteiger partial charge on any atom is 0.321 e. The van der Waals surface area contributed by atoms with Crippen LogP contribution in [0.15, 0.2) is 24.3 Å². The molecule has 0 aliphatic carbocycles. The van der Waals surface area contributed by atoms with Crippen molar-refractivity contribution in [2.24, 2.45) is 5.41 Å². The van der Waals surface area contributed by atoms with Crippen LogP contribution in [0.1, 0.15) is 31.7 Å². The first-order chi connectivity index (χ1) is 12.4. The summed E-state index contributed by atoms with van der Waals surface area (Å²) in [4.78, 5) is 39.3. The SMILES string of the molecule is CCC1(C(=O)O)CCCN(C(=O)Cc2ccc(N3CCNC3=O)cc2)C1. The van der Waals surface area contributed by atoms with Gasteiger partial charge in [-0.15, -0.1) is 0 Å². The first-order valence-electron chi connectivity index (χ1n) is 9.11. The van der Waals surface area contributed by atoms with E-state index in [1.807, 2.05) is 31.2 Å². The van der Waals surface area contributed by atoms with Crippen molar-refractivity contribution in [3.8, 4) is 0 Å². The molecule has 0 saturated carbocycles. The first-order valence-corrected chi connectivity index (χ1v) is 9.11.